The van der Waals surface area contributed by atoms with Gasteiger partial charge in [0.25, 0.3) is 0 Å². The molecule has 0 atom stereocenters. The van der Waals surface area contributed by atoms with Gasteiger partial charge in [-0.15, -0.1) is 0 Å². The molecular formula is C19H16ClN4O. The maximum atomic E-state index is 6.08. The highest BCUT2D eigenvalue weighted by atomic mass is 35.5. The third-order valence-corrected chi connectivity index (χ3v) is 4.20. The number of fused-ring (bicyclic) bond motifs is 1. The molecule has 1 aromatic carbocycles. The maximum absolute atomic E-state index is 6.08. The van der Waals surface area contributed by atoms with E-state index in [1.54, 1.807) is 24.4 Å². The summed E-state index contributed by atoms with van der Waals surface area (Å²) in [5, 5.41) is 7.02. The van der Waals surface area contributed by atoms with E-state index in [1.165, 1.54) is 5.56 Å². The van der Waals surface area contributed by atoms with Crippen LogP contribution in [-0.4, -0.2) is 16.5 Å². The molecule has 2 aromatic heterocycles. The molecule has 1 aliphatic heterocycles. The number of ether oxygens (including phenoxy) is 1. The van der Waals surface area contributed by atoms with Gasteiger partial charge in [-0.1, -0.05) is 29.8 Å². The van der Waals surface area contributed by atoms with Crippen LogP contribution in [0.2, 0.25) is 5.02 Å². The van der Waals surface area contributed by atoms with E-state index in [0.717, 1.165) is 31.0 Å². The SMILES string of the molecule is Clc1[c]cccc1Oc1ccnc(Nc2ccc3c(n2)CCNC3)c1. The van der Waals surface area contributed by atoms with Crippen molar-refractivity contribution in [1.82, 2.24) is 15.3 Å². The van der Waals surface area contributed by atoms with E-state index in [1.807, 2.05) is 18.2 Å². The first kappa shape index (κ1) is 15.9. The molecule has 0 amide bonds. The lowest BCUT2D eigenvalue weighted by Crippen LogP contribution is -2.24. The van der Waals surface area contributed by atoms with Gasteiger partial charge in [-0.05, 0) is 23.8 Å². The van der Waals surface area contributed by atoms with Gasteiger partial charge in [-0.2, -0.15) is 0 Å². The largest absolute Gasteiger partial charge is 0.456 e. The molecule has 0 saturated carbocycles. The fraction of sp³-hybridized carbons (Fsp3) is 0.158. The zero-order valence-corrected chi connectivity index (χ0v) is 14.2. The molecule has 2 N–H and O–H groups in total. The third-order valence-electron chi connectivity index (χ3n) is 3.91. The van der Waals surface area contributed by atoms with Crippen molar-refractivity contribution >= 4 is 23.2 Å². The number of benzene rings is 1. The highest BCUT2D eigenvalue weighted by Gasteiger charge is 2.11. The number of hydrogen-bond donors (Lipinski definition) is 2. The molecule has 6 heteroatoms. The minimum absolute atomic E-state index is 0.443. The number of aromatic nitrogens is 2. The lowest BCUT2D eigenvalue weighted by atomic mass is 10.1. The quantitative estimate of drug-likeness (QED) is 0.740. The van der Waals surface area contributed by atoms with Gasteiger partial charge < -0.3 is 15.4 Å². The summed E-state index contributed by atoms with van der Waals surface area (Å²) in [5.74, 6) is 2.63. The van der Waals surface area contributed by atoms with E-state index in [-0.39, 0.29) is 0 Å². The Balaban J connectivity index is 1.53. The summed E-state index contributed by atoms with van der Waals surface area (Å²) in [7, 11) is 0. The van der Waals surface area contributed by atoms with Crippen LogP contribution in [0.3, 0.4) is 0 Å². The van der Waals surface area contributed by atoms with E-state index >= 15 is 0 Å². The van der Waals surface area contributed by atoms with Crippen molar-refractivity contribution in [2.45, 2.75) is 13.0 Å². The van der Waals surface area contributed by atoms with Crippen LogP contribution in [0.25, 0.3) is 0 Å². The molecule has 5 nitrogen and oxygen atoms in total. The van der Waals surface area contributed by atoms with Crippen LogP contribution in [-0.2, 0) is 13.0 Å². The summed E-state index contributed by atoms with van der Waals surface area (Å²) in [6.45, 7) is 1.83. The van der Waals surface area contributed by atoms with E-state index in [9.17, 15) is 0 Å². The smallest absolute Gasteiger partial charge is 0.146 e. The van der Waals surface area contributed by atoms with Gasteiger partial charge in [0, 0.05) is 43.5 Å². The zero-order valence-electron chi connectivity index (χ0n) is 13.4. The average molecular weight is 352 g/mol. The second-order valence-corrected chi connectivity index (χ2v) is 6.06. The second kappa shape index (κ2) is 7.09. The Hall–Kier alpha value is -2.63. The summed E-state index contributed by atoms with van der Waals surface area (Å²) < 4.78 is 5.81. The van der Waals surface area contributed by atoms with E-state index in [2.05, 4.69) is 32.7 Å². The molecule has 0 bridgehead atoms. The summed E-state index contributed by atoms with van der Waals surface area (Å²) in [6, 6.07) is 15.9. The van der Waals surface area contributed by atoms with Crippen molar-refractivity contribution in [2.75, 3.05) is 11.9 Å². The number of nitrogens with zero attached hydrogens (tertiary/aromatic N) is 2. The van der Waals surface area contributed by atoms with Crippen molar-refractivity contribution in [2.24, 2.45) is 0 Å². The lowest BCUT2D eigenvalue weighted by Gasteiger charge is -2.17. The van der Waals surface area contributed by atoms with E-state index in [4.69, 9.17) is 16.3 Å². The van der Waals surface area contributed by atoms with Gasteiger partial charge in [0.15, 0.2) is 0 Å². The lowest BCUT2D eigenvalue weighted by molar-refractivity contribution is 0.482. The number of halogens is 1. The standard InChI is InChI=1S/C19H16ClN4O/c20-15-3-1-2-4-17(15)25-14-7-10-22-19(11-14)24-18-6-5-13-12-21-9-8-16(13)23-18/h1-2,4-7,10-11,21H,8-9,12H2,(H,22,23,24). The predicted molar refractivity (Wildman–Crippen MR) is 97.5 cm³/mol. The number of hydrogen-bond acceptors (Lipinski definition) is 5. The van der Waals surface area contributed by atoms with Crippen LogP contribution in [0.4, 0.5) is 11.6 Å². The third kappa shape index (κ3) is 3.73. The fourth-order valence-electron chi connectivity index (χ4n) is 2.69. The molecule has 3 aromatic rings. The van der Waals surface area contributed by atoms with Gasteiger partial charge in [0.1, 0.15) is 23.1 Å². The molecule has 1 radical (unpaired) electrons. The van der Waals surface area contributed by atoms with Gasteiger partial charge in [0.05, 0.1) is 5.02 Å². The first-order chi connectivity index (χ1) is 12.3. The molecule has 1 aliphatic rings. The first-order valence-corrected chi connectivity index (χ1v) is 8.42. The Bertz CT molecular complexity index is 900. The topological polar surface area (TPSA) is 59.1 Å². The van der Waals surface area contributed by atoms with Crippen LogP contribution < -0.4 is 15.4 Å². The van der Waals surface area contributed by atoms with Crippen molar-refractivity contribution in [1.29, 1.82) is 0 Å². The second-order valence-electron chi connectivity index (χ2n) is 5.68. The van der Waals surface area contributed by atoms with Crippen LogP contribution in [0.5, 0.6) is 11.5 Å². The summed E-state index contributed by atoms with van der Waals surface area (Å²) in [5.41, 5.74) is 2.37. The minimum Gasteiger partial charge on any atom is -0.456 e. The Morgan fingerprint density at radius 2 is 2.16 bits per heavy atom. The highest BCUT2D eigenvalue weighted by molar-refractivity contribution is 6.31. The number of nitrogens with one attached hydrogen (secondary N) is 2. The number of anilines is 2. The van der Waals surface area contributed by atoms with Crippen molar-refractivity contribution < 1.29 is 4.74 Å². The average Bonchev–Trinajstić information content (AvgIpc) is 2.64. The summed E-state index contributed by atoms with van der Waals surface area (Å²) in [6.07, 6.45) is 2.62. The molecule has 0 unspecified atom stereocenters. The van der Waals surface area contributed by atoms with Crippen LogP contribution >= 0.6 is 11.6 Å². The van der Waals surface area contributed by atoms with Gasteiger partial charge in [0.2, 0.25) is 0 Å². The Labute approximate surface area is 151 Å². The van der Waals surface area contributed by atoms with Gasteiger partial charge in [-0.25, -0.2) is 9.97 Å². The van der Waals surface area contributed by atoms with Crippen LogP contribution in [0, 0.1) is 6.07 Å². The monoisotopic (exact) mass is 351 g/mol. The predicted octanol–water partition coefficient (Wildman–Crippen LogP) is 4.11. The molecule has 0 spiro atoms. The minimum atomic E-state index is 0.443. The summed E-state index contributed by atoms with van der Waals surface area (Å²) >= 11 is 6.08. The molecule has 0 aliphatic carbocycles. The Morgan fingerprint density at radius 1 is 1.20 bits per heavy atom. The molecule has 0 fully saturated rings. The normalized spacial score (nSPS) is 13.2. The van der Waals surface area contributed by atoms with Crippen LogP contribution in [0.1, 0.15) is 11.3 Å². The van der Waals surface area contributed by atoms with E-state index in [0.29, 0.717) is 22.3 Å². The van der Waals surface area contributed by atoms with Gasteiger partial charge >= 0.3 is 0 Å². The highest BCUT2D eigenvalue weighted by Crippen LogP contribution is 2.29. The molecular weight excluding hydrogens is 336 g/mol. The Morgan fingerprint density at radius 3 is 3.08 bits per heavy atom. The summed E-state index contributed by atoms with van der Waals surface area (Å²) in [4.78, 5) is 9.00. The van der Waals surface area contributed by atoms with E-state index < -0.39 is 0 Å². The number of rotatable bonds is 4. The van der Waals surface area contributed by atoms with Crippen LogP contribution in [0.15, 0.2) is 48.7 Å². The molecule has 25 heavy (non-hydrogen) atoms. The molecule has 125 valence electrons. The molecule has 0 saturated heterocycles. The van der Waals surface area contributed by atoms with Crippen molar-refractivity contribution in [3.8, 4) is 11.5 Å². The molecule has 3 heterocycles. The first-order valence-electron chi connectivity index (χ1n) is 8.04. The van der Waals surface area contributed by atoms with Gasteiger partial charge in [-0.3, -0.25) is 0 Å². The Kier molecular flexibility index (Phi) is 4.50. The van der Waals surface area contributed by atoms with Crippen molar-refractivity contribution in [3.05, 3.63) is 71.0 Å². The fourth-order valence-corrected chi connectivity index (χ4v) is 2.85. The van der Waals surface area contributed by atoms with Crippen molar-refractivity contribution in [3.63, 3.8) is 0 Å². The maximum Gasteiger partial charge on any atom is 0.146 e. The number of pyridine rings is 2. The zero-order chi connectivity index (χ0) is 17.1. The molecule has 4 rings (SSSR count).